The van der Waals surface area contributed by atoms with Crippen molar-refractivity contribution in [2.45, 2.75) is 71.0 Å². The van der Waals surface area contributed by atoms with Gasteiger partial charge in [0.25, 0.3) is 0 Å². The summed E-state index contributed by atoms with van der Waals surface area (Å²) in [6.07, 6.45) is 7.71. The van der Waals surface area contributed by atoms with Crippen molar-refractivity contribution in [3.63, 3.8) is 0 Å². The van der Waals surface area contributed by atoms with Gasteiger partial charge in [-0.1, -0.05) is 13.8 Å². The minimum atomic E-state index is -0.230. The van der Waals surface area contributed by atoms with Gasteiger partial charge in [0.2, 0.25) is 0 Å². The molecule has 1 N–H and O–H groups in total. The Morgan fingerprint density at radius 3 is 2.76 bits per heavy atom. The zero-order valence-corrected chi connectivity index (χ0v) is 15.2. The van der Waals surface area contributed by atoms with E-state index in [-0.39, 0.29) is 34.9 Å². The number of ether oxygens (including phenoxy) is 1. The van der Waals surface area contributed by atoms with E-state index in [2.05, 4.69) is 13.8 Å². The fourth-order valence-electron chi connectivity index (χ4n) is 7.57. The predicted octanol–water partition coefficient (Wildman–Crippen LogP) is 3.03. The van der Waals surface area contributed by atoms with Crippen LogP contribution in [0.25, 0.3) is 0 Å². The van der Waals surface area contributed by atoms with Gasteiger partial charge >= 0.3 is 5.97 Å². The number of esters is 1. The van der Waals surface area contributed by atoms with E-state index in [1.807, 2.05) is 0 Å². The second-order valence-corrected chi connectivity index (χ2v) is 9.78. The van der Waals surface area contributed by atoms with Crippen LogP contribution in [0.2, 0.25) is 0 Å². The first-order valence-electron chi connectivity index (χ1n) is 9.96. The lowest BCUT2D eigenvalue weighted by molar-refractivity contribution is -0.158. The topological polar surface area (TPSA) is 63.6 Å². The molecule has 0 aromatic carbocycles. The Bertz CT molecular complexity index is 681. The summed E-state index contributed by atoms with van der Waals surface area (Å²) < 4.78 is 5.53. The van der Waals surface area contributed by atoms with Crippen LogP contribution in [0.3, 0.4) is 0 Å². The van der Waals surface area contributed by atoms with Crippen LogP contribution in [-0.2, 0) is 14.3 Å². The van der Waals surface area contributed by atoms with E-state index in [4.69, 9.17) is 4.74 Å². The SMILES string of the molecule is C[C@]12CC[C@@H](O)C[C@@H]1CC[C@H]1[C@H]2C(=O)C[C@]2(C)C3=CC(=O)O[C@@H]3C[C@H]12. The lowest BCUT2D eigenvalue weighted by Crippen LogP contribution is -2.57. The highest BCUT2D eigenvalue weighted by Gasteiger charge is 2.64. The van der Waals surface area contributed by atoms with Crippen molar-refractivity contribution in [2.75, 3.05) is 0 Å². The predicted molar refractivity (Wildman–Crippen MR) is 91.5 cm³/mol. The molecule has 5 rings (SSSR count). The smallest absolute Gasteiger partial charge is 0.331 e. The molecule has 0 spiro atoms. The van der Waals surface area contributed by atoms with Crippen molar-refractivity contribution in [1.29, 1.82) is 0 Å². The van der Waals surface area contributed by atoms with Crippen LogP contribution >= 0.6 is 0 Å². The van der Waals surface area contributed by atoms with E-state index in [1.165, 1.54) is 0 Å². The standard InChI is InChI=1S/C21H28O4/c1-20-6-5-12(22)7-11(20)3-4-13-14-8-17-15(9-18(24)25-17)21(14,2)10-16(23)19(13)20/h9,11-14,17,19,22H,3-8,10H2,1-2H3/t11-,12+,13+,14+,17+,19-,20-,21-/m0/s1. The molecule has 0 saturated heterocycles. The Balaban J connectivity index is 1.53. The van der Waals surface area contributed by atoms with E-state index < -0.39 is 0 Å². The van der Waals surface area contributed by atoms with Crippen LogP contribution in [0.4, 0.5) is 0 Å². The number of aliphatic hydroxyl groups excluding tert-OH is 1. The summed E-state index contributed by atoms with van der Waals surface area (Å²) in [7, 11) is 0. The molecule has 8 atom stereocenters. The van der Waals surface area contributed by atoms with Gasteiger partial charge in [-0.3, -0.25) is 4.79 Å². The lowest BCUT2D eigenvalue weighted by atomic mass is 9.44. The monoisotopic (exact) mass is 344 g/mol. The number of carbonyl (C=O) groups excluding carboxylic acids is 2. The Hall–Kier alpha value is -1.16. The summed E-state index contributed by atoms with van der Waals surface area (Å²) in [5, 5.41) is 10.1. The maximum atomic E-state index is 13.4. The van der Waals surface area contributed by atoms with Gasteiger partial charge in [-0.2, -0.15) is 0 Å². The summed E-state index contributed by atoms with van der Waals surface area (Å²) in [6, 6.07) is 0. The Morgan fingerprint density at radius 2 is 1.96 bits per heavy atom. The molecule has 0 aromatic rings. The number of hydrogen-bond acceptors (Lipinski definition) is 4. The van der Waals surface area contributed by atoms with Crippen molar-refractivity contribution in [3.05, 3.63) is 11.6 Å². The van der Waals surface area contributed by atoms with E-state index in [9.17, 15) is 14.7 Å². The highest BCUT2D eigenvalue weighted by atomic mass is 16.5. The summed E-state index contributed by atoms with van der Waals surface area (Å²) in [4.78, 5) is 25.1. The summed E-state index contributed by atoms with van der Waals surface area (Å²) in [5.74, 6) is 1.63. The zero-order valence-electron chi connectivity index (χ0n) is 15.2. The van der Waals surface area contributed by atoms with Crippen LogP contribution in [0.5, 0.6) is 0 Å². The van der Waals surface area contributed by atoms with Crippen molar-refractivity contribution in [3.8, 4) is 0 Å². The fraction of sp³-hybridized carbons (Fsp3) is 0.810. The number of rotatable bonds is 0. The number of fused-ring (bicyclic) bond motifs is 7. The summed E-state index contributed by atoms with van der Waals surface area (Å²) in [5.41, 5.74) is 0.941. The molecule has 4 heteroatoms. The molecule has 1 aliphatic heterocycles. The van der Waals surface area contributed by atoms with Gasteiger partial charge < -0.3 is 9.84 Å². The van der Waals surface area contributed by atoms with Crippen LogP contribution in [0.15, 0.2) is 11.6 Å². The molecule has 0 aromatic heterocycles. The summed E-state index contributed by atoms with van der Waals surface area (Å²) in [6.45, 7) is 4.51. The minimum absolute atomic E-state index is 0.0450. The van der Waals surface area contributed by atoms with Gasteiger partial charge in [0.15, 0.2) is 0 Å². The second kappa shape index (κ2) is 4.97. The molecule has 4 fully saturated rings. The molecule has 0 radical (unpaired) electrons. The van der Waals surface area contributed by atoms with Gasteiger partial charge in [-0.05, 0) is 67.3 Å². The largest absolute Gasteiger partial charge is 0.455 e. The minimum Gasteiger partial charge on any atom is -0.455 e. The number of aliphatic hydroxyl groups is 1. The zero-order chi connectivity index (χ0) is 17.6. The number of Topliss-reactive ketones (excluding diaryl/α,β-unsaturated/α-hetero) is 1. The molecule has 0 bridgehead atoms. The first kappa shape index (κ1) is 16.0. The maximum Gasteiger partial charge on any atom is 0.331 e. The molecule has 0 unspecified atom stereocenters. The van der Waals surface area contributed by atoms with Gasteiger partial charge in [0, 0.05) is 23.8 Å². The van der Waals surface area contributed by atoms with Crippen LogP contribution in [0, 0.1) is 34.5 Å². The third-order valence-electron chi connectivity index (χ3n) is 8.72. The van der Waals surface area contributed by atoms with Crippen LogP contribution < -0.4 is 0 Å². The molecule has 5 aliphatic rings. The Kier molecular flexibility index (Phi) is 3.19. The van der Waals surface area contributed by atoms with Crippen molar-refractivity contribution in [2.24, 2.45) is 34.5 Å². The quantitative estimate of drug-likeness (QED) is 0.686. The maximum absolute atomic E-state index is 13.4. The van der Waals surface area contributed by atoms with Crippen molar-refractivity contribution in [1.82, 2.24) is 0 Å². The van der Waals surface area contributed by atoms with Crippen molar-refractivity contribution < 1.29 is 19.4 Å². The number of ketones is 1. The van der Waals surface area contributed by atoms with Gasteiger partial charge in [0.05, 0.1) is 6.10 Å². The van der Waals surface area contributed by atoms with Gasteiger partial charge in [-0.25, -0.2) is 4.79 Å². The first-order valence-corrected chi connectivity index (χ1v) is 9.96. The normalized spacial score (nSPS) is 54.1. The molecule has 4 nitrogen and oxygen atoms in total. The van der Waals surface area contributed by atoms with E-state index in [0.717, 1.165) is 44.1 Å². The van der Waals surface area contributed by atoms with Gasteiger partial charge in [-0.15, -0.1) is 0 Å². The molecule has 0 amide bonds. The van der Waals surface area contributed by atoms with E-state index >= 15 is 0 Å². The number of carbonyl (C=O) groups is 2. The second-order valence-electron chi connectivity index (χ2n) is 9.78. The third-order valence-corrected chi connectivity index (χ3v) is 8.72. The Morgan fingerprint density at radius 1 is 1.16 bits per heavy atom. The number of hydrogen-bond donors (Lipinski definition) is 1. The van der Waals surface area contributed by atoms with E-state index in [0.29, 0.717) is 30.0 Å². The van der Waals surface area contributed by atoms with E-state index in [1.54, 1.807) is 6.08 Å². The molecular weight excluding hydrogens is 316 g/mol. The fourth-order valence-corrected chi connectivity index (χ4v) is 7.57. The molecule has 4 aliphatic carbocycles. The summed E-state index contributed by atoms with van der Waals surface area (Å²) >= 11 is 0. The third kappa shape index (κ3) is 1.98. The lowest BCUT2D eigenvalue weighted by Gasteiger charge is -2.59. The average molecular weight is 344 g/mol. The van der Waals surface area contributed by atoms with Gasteiger partial charge in [0.1, 0.15) is 11.9 Å². The molecule has 25 heavy (non-hydrogen) atoms. The molecule has 136 valence electrons. The highest BCUT2D eigenvalue weighted by Crippen LogP contribution is 2.67. The molecular formula is C21H28O4. The Labute approximate surface area is 149 Å². The van der Waals surface area contributed by atoms with Crippen LogP contribution in [-0.4, -0.2) is 29.1 Å². The first-order chi connectivity index (χ1) is 11.8. The molecule has 1 heterocycles. The average Bonchev–Trinajstić information content (AvgIpc) is 3.03. The van der Waals surface area contributed by atoms with Crippen LogP contribution in [0.1, 0.15) is 58.8 Å². The molecule has 4 saturated carbocycles. The highest BCUT2D eigenvalue weighted by molar-refractivity contribution is 5.89. The van der Waals surface area contributed by atoms with Crippen molar-refractivity contribution >= 4 is 11.8 Å².